The highest BCUT2D eigenvalue weighted by molar-refractivity contribution is 6.04. The van der Waals surface area contributed by atoms with Crippen molar-refractivity contribution >= 4 is 23.1 Å². The van der Waals surface area contributed by atoms with Gasteiger partial charge in [-0.2, -0.15) is 18.3 Å². The summed E-state index contributed by atoms with van der Waals surface area (Å²) >= 11 is 0. The van der Waals surface area contributed by atoms with Crippen molar-refractivity contribution in [2.24, 2.45) is 7.05 Å². The van der Waals surface area contributed by atoms with Crippen molar-refractivity contribution < 1.29 is 18.0 Å². The number of anilines is 2. The van der Waals surface area contributed by atoms with Crippen molar-refractivity contribution in [3.8, 4) is 0 Å². The van der Waals surface area contributed by atoms with E-state index in [1.807, 2.05) is 0 Å². The van der Waals surface area contributed by atoms with Gasteiger partial charge in [0.25, 0.3) is 5.91 Å². The van der Waals surface area contributed by atoms with Crippen molar-refractivity contribution in [3.63, 3.8) is 0 Å². The van der Waals surface area contributed by atoms with E-state index < -0.39 is 23.5 Å². The number of halogens is 3. The molecule has 12 heteroatoms. The maximum absolute atomic E-state index is 13.1. The van der Waals surface area contributed by atoms with Crippen molar-refractivity contribution in [2.45, 2.75) is 31.5 Å². The summed E-state index contributed by atoms with van der Waals surface area (Å²) in [5, 5.41) is 16.6. The van der Waals surface area contributed by atoms with E-state index >= 15 is 0 Å². The molecule has 3 aromatic rings. The van der Waals surface area contributed by atoms with Gasteiger partial charge in [-0.1, -0.05) is 6.42 Å². The topological polar surface area (TPSA) is 101 Å². The molecule has 0 saturated carbocycles. The fourth-order valence-corrected chi connectivity index (χ4v) is 3.44. The lowest BCUT2D eigenvalue weighted by Crippen LogP contribution is -2.31. The average molecular weight is 422 g/mol. The monoisotopic (exact) mass is 422 g/mol. The highest BCUT2D eigenvalue weighted by Gasteiger charge is 2.37. The van der Waals surface area contributed by atoms with Crippen LogP contribution in [0.2, 0.25) is 0 Å². The molecule has 1 aliphatic rings. The Bertz CT molecular complexity index is 1050. The number of carbonyl (C=O) groups is 1. The summed E-state index contributed by atoms with van der Waals surface area (Å²) in [6.07, 6.45) is 1.13. The number of alkyl halides is 3. The highest BCUT2D eigenvalue weighted by Crippen LogP contribution is 2.33. The van der Waals surface area contributed by atoms with Crippen LogP contribution in [0.1, 0.15) is 35.4 Å². The third-order valence-corrected chi connectivity index (χ3v) is 4.86. The molecule has 0 spiro atoms. The first kappa shape index (κ1) is 20.1. The SMILES string of the molecule is Cn1cc(NC(=O)c2ccc3cnc(N[C@H]4CCCCNC4)nn23)c(C(F)(F)F)n1. The quantitative estimate of drug-likeness (QED) is 0.597. The Kier molecular flexibility index (Phi) is 5.33. The van der Waals surface area contributed by atoms with E-state index in [1.165, 1.54) is 17.6 Å². The van der Waals surface area contributed by atoms with Gasteiger partial charge in [0.2, 0.25) is 5.95 Å². The molecule has 1 saturated heterocycles. The zero-order chi connectivity index (χ0) is 21.3. The van der Waals surface area contributed by atoms with Crippen LogP contribution in [0.3, 0.4) is 0 Å². The Labute approximate surface area is 169 Å². The maximum atomic E-state index is 13.1. The van der Waals surface area contributed by atoms with Crippen LogP contribution in [0.5, 0.6) is 0 Å². The highest BCUT2D eigenvalue weighted by atomic mass is 19.4. The van der Waals surface area contributed by atoms with Crippen LogP contribution in [0.4, 0.5) is 24.8 Å². The fraction of sp³-hybridized carbons (Fsp3) is 0.444. The minimum absolute atomic E-state index is 0.0893. The second kappa shape index (κ2) is 7.94. The van der Waals surface area contributed by atoms with E-state index in [0.717, 1.165) is 43.2 Å². The van der Waals surface area contributed by atoms with Crippen LogP contribution in [0, 0.1) is 0 Å². The number of carbonyl (C=O) groups excluding carboxylic acids is 1. The smallest absolute Gasteiger partial charge is 0.349 e. The number of hydrogen-bond acceptors (Lipinski definition) is 6. The summed E-state index contributed by atoms with van der Waals surface area (Å²) in [5.41, 5.74) is -0.933. The summed E-state index contributed by atoms with van der Waals surface area (Å²) < 4.78 is 41.8. The van der Waals surface area contributed by atoms with Crippen LogP contribution >= 0.6 is 0 Å². The van der Waals surface area contributed by atoms with Crippen LogP contribution in [0.25, 0.3) is 5.52 Å². The van der Waals surface area contributed by atoms with Crippen molar-refractivity contribution in [1.29, 1.82) is 0 Å². The van der Waals surface area contributed by atoms with Gasteiger partial charge in [-0.05, 0) is 31.5 Å². The lowest BCUT2D eigenvalue weighted by atomic mass is 10.1. The lowest BCUT2D eigenvalue weighted by molar-refractivity contribution is -0.140. The molecule has 4 heterocycles. The maximum Gasteiger partial charge on any atom is 0.437 e. The Morgan fingerprint density at radius 3 is 2.90 bits per heavy atom. The molecule has 4 rings (SSSR count). The van der Waals surface area contributed by atoms with E-state index in [2.05, 4.69) is 31.1 Å². The number of nitrogens with zero attached hydrogens (tertiary/aromatic N) is 5. The Hall–Kier alpha value is -3.15. The van der Waals surface area contributed by atoms with Gasteiger partial charge in [-0.15, -0.1) is 5.10 Å². The Morgan fingerprint density at radius 2 is 2.10 bits per heavy atom. The molecule has 1 atom stereocenters. The molecule has 1 fully saturated rings. The first-order chi connectivity index (χ1) is 14.3. The molecular weight excluding hydrogens is 401 g/mol. The summed E-state index contributed by atoms with van der Waals surface area (Å²) in [5.74, 6) is -0.381. The number of hydrogen-bond donors (Lipinski definition) is 3. The minimum atomic E-state index is -4.68. The summed E-state index contributed by atoms with van der Waals surface area (Å²) in [6, 6.07) is 3.27. The molecule has 3 N–H and O–H groups in total. The average Bonchev–Trinajstić information content (AvgIpc) is 3.17. The van der Waals surface area contributed by atoms with Gasteiger partial charge >= 0.3 is 6.18 Å². The van der Waals surface area contributed by atoms with Gasteiger partial charge < -0.3 is 16.0 Å². The van der Waals surface area contributed by atoms with Crippen molar-refractivity contribution in [3.05, 3.63) is 35.9 Å². The standard InChI is InChI=1S/C18H21F3N8O/c1-28-10-13(15(26-28)18(19,20)21)25-16(30)14-6-5-12-9-23-17(27-29(12)14)24-11-4-2-3-7-22-8-11/h5-6,9-11,22H,2-4,7-8H2,1H3,(H,24,27)(H,25,30)/t11-/m0/s1. The zero-order valence-electron chi connectivity index (χ0n) is 16.2. The predicted octanol–water partition coefficient (Wildman–Crippen LogP) is 2.29. The van der Waals surface area contributed by atoms with Crippen LogP contribution in [0.15, 0.2) is 24.5 Å². The van der Waals surface area contributed by atoms with Crippen LogP contribution in [-0.2, 0) is 13.2 Å². The summed E-state index contributed by atoms with van der Waals surface area (Å²) in [6.45, 7) is 1.75. The number of amides is 1. The van der Waals surface area contributed by atoms with E-state index in [9.17, 15) is 18.0 Å². The van der Waals surface area contributed by atoms with Gasteiger partial charge in [0.1, 0.15) is 5.69 Å². The molecule has 9 nitrogen and oxygen atoms in total. The molecular formula is C18H21F3N8O. The first-order valence-corrected chi connectivity index (χ1v) is 9.55. The molecule has 30 heavy (non-hydrogen) atoms. The van der Waals surface area contributed by atoms with E-state index in [1.54, 1.807) is 12.3 Å². The third kappa shape index (κ3) is 4.22. The second-order valence-electron chi connectivity index (χ2n) is 7.20. The van der Waals surface area contributed by atoms with E-state index in [-0.39, 0.29) is 11.7 Å². The van der Waals surface area contributed by atoms with Gasteiger partial charge in [0.15, 0.2) is 5.69 Å². The van der Waals surface area contributed by atoms with Gasteiger partial charge in [0.05, 0.1) is 17.4 Å². The number of rotatable bonds is 4. The number of fused-ring (bicyclic) bond motifs is 1. The Balaban J connectivity index is 1.57. The summed E-state index contributed by atoms with van der Waals surface area (Å²) in [7, 11) is 1.35. The molecule has 1 aliphatic heterocycles. The van der Waals surface area contributed by atoms with Gasteiger partial charge in [-0.25, -0.2) is 9.50 Å². The first-order valence-electron chi connectivity index (χ1n) is 9.55. The number of aryl methyl sites for hydroxylation is 1. The molecule has 3 aromatic heterocycles. The van der Waals surface area contributed by atoms with Gasteiger partial charge in [0, 0.05) is 25.8 Å². The predicted molar refractivity (Wildman–Crippen MR) is 103 cm³/mol. The number of nitrogens with one attached hydrogen (secondary N) is 3. The molecule has 0 unspecified atom stereocenters. The summed E-state index contributed by atoms with van der Waals surface area (Å²) in [4.78, 5) is 17.0. The molecule has 0 radical (unpaired) electrons. The zero-order valence-corrected chi connectivity index (χ0v) is 16.2. The largest absolute Gasteiger partial charge is 0.437 e. The minimum Gasteiger partial charge on any atom is -0.349 e. The second-order valence-corrected chi connectivity index (χ2v) is 7.20. The Morgan fingerprint density at radius 1 is 1.27 bits per heavy atom. The van der Waals surface area contributed by atoms with E-state index in [0.29, 0.717) is 11.5 Å². The van der Waals surface area contributed by atoms with Crippen molar-refractivity contribution in [2.75, 3.05) is 23.7 Å². The molecule has 0 aromatic carbocycles. The van der Waals surface area contributed by atoms with Crippen molar-refractivity contribution in [1.82, 2.24) is 29.7 Å². The van der Waals surface area contributed by atoms with E-state index in [4.69, 9.17) is 0 Å². The molecule has 1 amide bonds. The third-order valence-electron chi connectivity index (χ3n) is 4.86. The fourth-order valence-electron chi connectivity index (χ4n) is 3.44. The lowest BCUT2D eigenvalue weighted by Gasteiger charge is -2.16. The van der Waals surface area contributed by atoms with Crippen LogP contribution < -0.4 is 16.0 Å². The normalized spacial score (nSPS) is 17.7. The molecule has 0 aliphatic carbocycles. The van der Waals surface area contributed by atoms with Gasteiger partial charge in [-0.3, -0.25) is 9.48 Å². The number of aromatic nitrogens is 5. The molecule has 160 valence electrons. The molecule has 0 bridgehead atoms. The van der Waals surface area contributed by atoms with Crippen LogP contribution in [-0.4, -0.2) is 49.4 Å².